The number of rotatable bonds is 7. The van der Waals surface area contributed by atoms with E-state index < -0.39 is 0 Å². The van der Waals surface area contributed by atoms with Crippen LogP contribution in [0.2, 0.25) is 0 Å². The third-order valence-electron chi connectivity index (χ3n) is 3.41. The molecule has 118 valence electrons. The molecule has 0 saturated carbocycles. The molecule has 1 aromatic heterocycles. The Bertz CT molecular complexity index is 597. The van der Waals surface area contributed by atoms with E-state index in [1.54, 1.807) is 5.38 Å². The maximum atomic E-state index is 12.2. The smallest absolute Gasteiger partial charge is 0.270 e. The summed E-state index contributed by atoms with van der Waals surface area (Å²) >= 11 is 1.48. The van der Waals surface area contributed by atoms with E-state index in [1.807, 2.05) is 32.3 Å². The van der Waals surface area contributed by atoms with Crippen molar-refractivity contribution in [1.29, 1.82) is 0 Å². The first kappa shape index (κ1) is 16.6. The van der Waals surface area contributed by atoms with E-state index in [2.05, 4.69) is 27.3 Å². The van der Waals surface area contributed by atoms with Crippen molar-refractivity contribution in [3.05, 3.63) is 52.0 Å². The minimum atomic E-state index is -0.137. The van der Waals surface area contributed by atoms with Gasteiger partial charge in [0.2, 0.25) is 0 Å². The molecule has 0 saturated heterocycles. The number of nitrogens with two attached hydrogens (primary N) is 1. The zero-order chi connectivity index (χ0) is 15.9. The summed E-state index contributed by atoms with van der Waals surface area (Å²) in [6.45, 7) is 1.09. The number of hydrogen-bond donors (Lipinski definition) is 2. The molecule has 6 heteroatoms. The summed E-state index contributed by atoms with van der Waals surface area (Å²) in [6, 6.07) is 10.3. The van der Waals surface area contributed by atoms with Gasteiger partial charge in [-0.2, -0.15) is 0 Å². The van der Waals surface area contributed by atoms with Crippen LogP contribution in [0, 0.1) is 0 Å². The second-order valence-electron chi connectivity index (χ2n) is 5.27. The minimum absolute atomic E-state index is 0.132. The molecule has 0 aliphatic carbocycles. The Morgan fingerprint density at radius 2 is 2.09 bits per heavy atom. The fourth-order valence-electron chi connectivity index (χ4n) is 2.21. The summed E-state index contributed by atoms with van der Waals surface area (Å²) in [4.78, 5) is 18.6. The third-order valence-corrected chi connectivity index (χ3v) is 4.31. The lowest BCUT2D eigenvalue weighted by molar-refractivity contribution is 0.0937. The maximum absolute atomic E-state index is 12.2. The lowest BCUT2D eigenvalue weighted by atomic mass is 10.1. The highest BCUT2D eigenvalue weighted by Gasteiger charge is 2.16. The minimum Gasteiger partial charge on any atom is -0.349 e. The number of carbonyl (C=O) groups is 1. The third kappa shape index (κ3) is 4.37. The molecule has 2 aromatic rings. The van der Waals surface area contributed by atoms with Crippen molar-refractivity contribution in [2.24, 2.45) is 5.73 Å². The van der Waals surface area contributed by atoms with Crippen molar-refractivity contribution >= 4 is 17.2 Å². The summed E-state index contributed by atoms with van der Waals surface area (Å²) in [5, 5.41) is 5.65. The van der Waals surface area contributed by atoms with Gasteiger partial charge in [0.05, 0.1) is 11.0 Å². The summed E-state index contributed by atoms with van der Waals surface area (Å²) in [7, 11) is 4.01. The van der Waals surface area contributed by atoms with Crippen LogP contribution in [-0.4, -0.2) is 43.0 Å². The Labute approximate surface area is 135 Å². The molecule has 0 fully saturated rings. The van der Waals surface area contributed by atoms with Crippen LogP contribution in [0.3, 0.4) is 0 Å². The van der Waals surface area contributed by atoms with Gasteiger partial charge in [-0.15, -0.1) is 11.3 Å². The Morgan fingerprint density at radius 1 is 1.36 bits per heavy atom. The highest BCUT2D eigenvalue weighted by Crippen LogP contribution is 2.17. The largest absolute Gasteiger partial charge is 0.349 e. The molecule has 0 bridgehead atoms. The number of hydrogen-bond acceptors (Lipinski definition) is 5. The first-order chi connectivity index (χ1) is 10.6. The second-order valence-corrected chi connectivity index (χ2v) is 6.21. The molecule has 3 N–H and O–H groups in total. The zero-order valence-electron chi connectivity index (χ0n) is 13.0. The van der Waals surface area contributed by atoms with Gasteiger partial charge in [0, 0.05) is 18.3 Å². The lowest BCUT2D eigenvalue weighted by Crippen LogP contribution is -2.34. The average Bonchev–Trinajstić information content (AvgIpc) is 2.97. The molecular weight excluding hydrogens is 296 g/mol. The Morgan fingerprint density at radius 3 is 2.73 bits per heavy atom. The van der Waals surface area contributed by atoms with E-state index in [-0.39, 0.29) is 11.9 Å². The van der Waals surface area contributed by atoms with E-state index in [0.717, 1.165) is 5.01 Å². The van der Waals surface area contributed by atoms with E-state index >= 15 is 0 Å². The number of aromatic nitrogens is 1. The summed E-state index contributed by atoms with van der Waals surface area (Å²) in [5.74, 6) is -0.137. The van der Waals surface area contributed by atoms with Crippen molar-refractivity contribution in [2.45, 2.75) is 12.5 Å². The van der Waals surface area contributed by atoms with Gasteiger partial charge in [-0.25, -0.2) is 4.98 Å². The van der Waals surface area contributed by atoms with Gasteiger partial charge < -0.3 is 16.0 Å². The predicted molar refractivity (Wildman–Crippen MR) is 90.1 cm³/mol. The Balaban J connectivity index is 1.98. The SMILES string of the molecule is CN(C)C(CNC(=O)c1csc(CCN)n1)c1ccccc1. The number of benzene rings is 1. The monoisotopic (exact) mass is 318 g/mol. The predicted octanol–water partition coefficient (Wildman–Crippen LogP) is 1.68. The average molecular weight is 318 g/mol. The van der Waals surface area contributed by atoms with Gasteiger partial charge >= 0.3 is 0 Å². The molecule has 5 nitrogen and oxygen atoms in total. The van der Waals surface area contributed by atoms with Crippen molar-refractivity contribution in [3.63, 3.8) is 0 Å². The quantitative estimate of drug-likeness (QED) is 0.815. The highest BCUT2D eigenvalue weighted by molar-refractivity contribution is 7.09. The number of carbonyl (C=O) groups excluding carboxylic acids is 1. The molecule has 1 aromatic carbocycles. The number of amides is 1. The van der Waals surface area contributed by atoms with Crippen LogP contribution in [0.5, 0.6) is 0 Å². The normalized spacial score (nSPS) is 12.4. The number of nitrogens with zero attached hydrogens (tertiary/aromatic N) is 2. The number of likely N-dealkylation sites (N-methyl/N-ethyl adjacent to an activating group) is 1. The topological polar surface area (TPSA) is 71.2 Å². The molecule has 1 amide bonds. The van der Waals surface area contributed by atoms with Crippen LogP contribution in [-0.2, 0) is 6.42 Å². The molecule has 2 rings (SSSR count). The first-order valence-electron chi connectivity index (χ1n) is 7.26. The summed E-state index contributed by atoms with van der Waals surface area (Å²) in [6.07, 6.45) is 0.711. The van der Waals surface area contributed by atoms with E-state index in [0.29, 0.717) is 25.2 Å². The van der Waals surface area contributed by atoms with E-state index in [1.165, 1.54) is 16.9 Å². The first-order valence-corrected chi connectivity index (χ1v) is 8.14. The van der Waals surface area contributed by atoms with Crippen molar-refractivity contribution in [3.8, 4) is 0 Å². The molecule has 1 unspecified atom stereocenters. The number of thiazole rings is 1. The fourth-order valence-corrected chi connectivity index (χ4v) is 3.00. The Hall–Kier alpha value is -1.76. The molecule has 0 aliphatic heterocycles. The van der Waals surface area contributed by atoms with Crippen LogP contribution >= 0.6 is 11.3 Å². The molecule has 1 heterocycles. The van der Waals surface area contributed by atoms with Crippen molar-refractivity contribution in [1.82, 2.24) is 15.2 Å². The van der Waals surface area contributed by atoms with Crippen molar-refractivity contribution < 1.29 is 4.79 Å². The standard InChI is InChI=1S/C16H22N4OS/c1-20(2)14(12-6-4-3-5-7-12)10-18-16(21)13-11-22-15(19-13)8-9-17/h3-7,11,14H,8-10,17H2,1-2H3,(H,18,21). The molecule has 1 atom stereocenters. The second kappa shape index (κ2) is 8.03. The van der Waals surface area contributed by atoms with Crippen LogP contribution in [0.1, 0.15) is 27.1 Å². The van der Waals surface area contributed by atoms with Gasteiger partial charge in [-0.3, -0.25) is 4.79 Å². The number of nitrogens with one attached hydrogen (secondary N) is 1. The van der Waals surface area contributed by atoms with Crippen LogP contribution in [0.25, 0.3) is 0 Å². The molecule has 0 radical (unpaired) electrons. The van der Waals surface area contributed by atoms with E-state index in [9.17, 15) is 4.79 Å². The molecule has 0 aliphatic rings. The zero-order valence-corrected chi connectivity index (χ0v) is 13.8. The summed E-state index contributed by atoms with van der Waals surface area (Å²) < 4.78 is 0. The van der Waals surface area contributed by atoms with Gasteiger partial charge in [0.25, 0.3) is 5.91 Å². The Kier molecular flexibility index (Phi) is 6.06. The van der Waals surface area contributed by atoms with Crippen molar-refractivity contribution in [2.75, 3.05) is 27.2 Å². The van der Waals surface area contributed by atoms with Gasteiger partial charge in [0.15, 0.2) is 0 Å². The highest BCUT2D eigenvalue weighted by atomic mass is 32.1. The van der Waals surface area contributed by atoms with Crippen LogP contribution in [0.15, 0.2) is 35.7 Å². The lowest BCUT2D eigenvalue weighted by Gasteiger charge is -2.24. The fraction of sp³-hybridized carbons (Fsp3) is 0.375. The summed E-state index contributed by atoms with van der Waals surface area (Å²) in [5.41, 5.74) is 7.15. The van der Waals surface area contributed by atoms with Gasteiger partial charge in [-0.05, 0) is 26.2 Å². The molecular formula is C16H22N4OS. The van der Waals surface area contributed by atoms with E-state index in [4.69, 9.17) is 5.73 Å². The molecule has 0 spiro atoms. The molecule has 22 heavy (non-hydrogen) atoms. The van der Waals surface area contributed by atoms with Gasteiger partial charge in [0.1, 0.15) is 5.69 Å². The van der Waals surface area contributed by atoms with Gasteiger partial charge in [-0.1, -0.05) is 30.3 Å². The van der Waals surface area contributed by atoms with Crippen LogP contribution < -0.4 is 11.1 Å². The maximum Gasteiger partial charge on any atom is 0.270 e. The van der Waals surface area contributed by atoms with Crippen LogP contribution in [0.4, 0.5) is 0 Å².